The van der Waals surface area contributed by atoms with Crippen LogP contribution in [0.4, 0.5) is 5.69 Å². The monoisotopic (exact) mass is 453 g/mol. The van der Waals surface area contributed by atoms with Crippen LogP contribution < -0.4 is 4.90 Å². The zero-order valence-electron chi connectivity index (χ0n) is 20.0. The first-order chi connectivity index (χ1) is 16.5. The van der Waals surface area contributed by atoms with Crippen molar-refractivity contribution >= 4 is 17.5 Å². The van der Waals surface area contributed by atoms with Gasteiger partial charge in [0.15, 0.2) is 0 Å². The lowest BCUT2D eigenvalue weighted by atomic mass is 9.96. The predicted octanol–water partition coefficient (Wildman–Crippen LogP) is 4.46. The van der Waals surface area contributed by atoms with E-state index in [0.29, 0.717) is 19.6 Å². The number of hydrogen-bond donors (Lipinski definition) is 0. The Kier molecular flexibility index (Phi) is 6.10. The predicted molar refractivity (Wildman–Crippen MR) is 135 cm³/mol. The number of rotatable bonds is 3. The largest absolute Gasteiger partial charge is 0.368 e. The Balaban J connectivity index is 1.28. The van der Waals surface area contributed by atoms with Crippen molar-refractivity contribution in [1.29, 1.82) is 0 Å². The van der Waals surface area contributed by atoms with Gasteiger partial charge in [0, 0.05) is 56.1 Å². The highest BCUT2D eigenvalue weighted by Gasteiger charge is 2.26. The second kappa shape index (κ2) is 9.34. The molecule has 5 rings (SSSR count). The Bertz CT molecular complexity index is 1210. The molecule has 0 radical (unpaired) electrons. The van der Waals surface area contributed by atoms with Crippen molar-refractivity contribution in [3.8, 4) is 0 Å². The summed E-state index contributed by atoms with van der Waals surface area (Å²) in [5.41, 5.74) is 7.47. The number of fused-ring (bicyclic) bond motifs is 1. The quantitative estimate of drug-likeness (QED) is 0.588. The van der Waals surface area contributed by atoms with Gasteiger partial charge < -0.3 is 14.7 Å². The maximum absolute atomic E-state index is 13.4. The summed E-state index contributed by atoms with van der Waals surface area (Å²) in [6.45, 7) is 8.55. The van der Waals surface area contributed by atoms with E-state index in [1.165, 1.54) is 11.1 Å². The third-order valence-corrected chi connectivity index (χ3v) is 7.34. The fraction of sp³-hybridized carbons (Fsp3) is 0.310. The zero-order chi connectivity index (χ0) is 23.7. The molecular formula is C29H31N3O2. The number of carbonyl (C=O) groups is 2. The highest BCUT2D eigenvalue weighted by Crippen LogP contribution is 2.29. The average Bonchev–Trinajstić information content (AvgIpc) is 2.90. The molecule has 0 atom stereocenters. The van der Waals surface area contributed by atoms with E-state index >= 15 is 0 Å². The molecule has 1 fully saturated rings. The van der Waals surface area contributed by atoms with Crippen LogP contribution in [0, 0.1) is 13.8 Å². The lowest BCUT2D eigenvalue weighted by Gasteiger charge is -2.37. The molecule has 0 unspecified atom stereocenters. The minimum atomic E-state index is 0.0946. The summed E-state index contributed by atoms with van der Waals surface area (Å²) in [5, 5.41) is 0. The fourth-order valence-electron chi connectivity index (χ4n) is 5.13. The van der Waals surface area contributed by atoms with Gasteiger partial charge in [-0.05, 0) is 66.8 Å². The first-order valence-corrected chi connectivity index (χ1v) is 12.1. The van der Waals surface area contributed by atoms with Crippen molar-refractivity contribution in [3.05, 3.63) is 100 Å². The minimum Gasteiger partial charge on any atom is -0.368 e. The van der Waals surface area contributed by atoms with Crippen molar-refractivity contribution in [2.75, 3.05) is 37.6 Å². The molecule has 2 amide bonds. The van der Waals surface area contributed by atoms with E-state index in [-0.39, 0.29) is 11.8 Å². The molecule has 34 heavy (non-hydrogen) atoms. The first-order valence-electron chi connectivity index (χ1n) is 12.1. The highest BCUT2D eigenvalue weighted by molar-refractivity contribution is 5.97. The molecule has 2 aliphatic heterocycles. The van der Waals surface area contributed by atoms with Gasteiger partial charge in [-0.1, -0.05) is 42.5 Å². The van der Waals surface area contributed by atoms with Gasteiger partial charge in [0.05, 0.1) is 0 Å². The Hall–Kier alpha value is -3.60. The first kappa shape index (κ1) is 22.2. The number of benzene rings is 3. The van der Waals surface area contributed by atoms with Crippen LogP contribution in [0.3, 0.4) is 0 Å². The third kappa shape index (κ3) is 4.18. The van der Waals surface area contributed by atoms with Crippen LogP contribution in [0.2, 0.25) is 0 Å². The summed E-state index contributed by atoms with van der Waals surface area (Å²) in [7, 11) is 0. The van der Waals surface area contributed by atoms with Gasteiger partial charge in [0.2, 0.25) is 0 Å². The third-order valence-electron chi connectivity index (χ3n) is 7.34. The number of anilines is 1. The Morgan fingerprint density at radius 2 is 1.32 bits per heavy atom. The maximum Gasteiger partial charge on any atom is 0.254 e. The smallest absolute Gasteiger partial charge is 0.254 e. The van der Waals surface area contributed by atoms with Gasteiger partial charge in [0.1, 0.15) is 0 Å². The van der Waals surface area contributed by atoms with E-state index in [2.05, 4.69) is 43.0 Å². The number of hydrogen-bond acceptors (Lipinski definition) is 3. The van der Waals surface area contributed by atoms with Crippen LogP contribution in [0.25, 0.3) is 0 Å². The molecule has 0 aromatic heterocycles. The van der Waals surface area contributed by atoms with Gasteiger partial charge >= 0.3 is 0 Å². The SMILES string of the molecule is Cc1c(C(=O)N2CCc3ccccc3C2)ccc(N2CCN(C(=O)c3ccccc3)CC2)c1C. The fourth-order valence-corrected chi connectivity index (χ4v) is 5.13. The summed E-state index contributed by atoms with van der Waals surface area (Å²) in [5.74, 6) is 0.206. The summed E-state index contributed by atoms with van der Waals surface area (Å²) in [6, 6.07) is 22.0. The second-order valence-corrected chi connectivity index (χ2v) is 9.27. The highest BCUT2D eigenvalue weighted by atomic mass is 16.2. The normalized spacial score (nSPS) is 15.8. The van der Waals surface area contributed by atoms with Crippen LogP contribution in [-0.2, 0) is 13.0 Å². The molecule has 3 aromatic carbocycles. The molecule has 0 aliphatic carbocycles. The van der Waals surface area contributed by atoms with Crippen molar-refractivity contribution in [3.63, 3.8) is 0 Å². The molecule has 2 heterocycles. The van der Waals surface area contributed by atoms with Crippen LogP contribution >= 0.6 is 0 Å². The van der Waals surface area contributed by atoms with Gasteiger partial charge in [-0.15, -0.1) is 0 Å². The Morgan fingerprint density at radius 3 is 2.06 bits per heavy atom. The molecule has 2 aliphatic rings. The van der Waals surface area contributed by atoms with Crippen molar-refractivity contribution in [2.45, 2.75) is 26.8 Å². The number of piperazine rings is 1. The molecular weight excluding hydrogens is 422 g/mol. The molecule has 3 aromatic rings. The summed E-state index contributed by atoms with van der Waals surface area (Å²) >= 11 is 0. The number of amides is 2. The molecule has 0 spiro atoms. The maximum atomic E-state index is 13.4. The van der Waals surface area contributed by atoms with E-state index < -0.39 is 0 Å². The zero-order valence-corrected chi connectivity index (χ0v) is 20.0. The molecule has 0 bridgehead atoms. The minimum absolute atomic E-state index is 0.0946. The summed E-state index contributed by atoms with van der Waals surface area (Å²) in [6.07, 6.45) is 0.907. The van der Waals surface area contributed by atoms with Crippen LogP contribution in [-0.4, -0.2) is 54.3 Å². The van der Waals surface area contributed by atoms with E-state index in [1.807, 2.05) is 52.3 Å². The van der Waals surface area contributed by atoms with Gasteiger partial charge in [0.25, 0.3) is 11.8 Å². The van der Waals surface area contributed by atoms with E-state index in [0.717, 1.165) is 54.0 Å². The number of nitrogens with zero attached hydrogens (tertiary/aromatic N) is 3. The summed E-state index contributed by atoms with van der Waals surface area (Å²) in [4.78, 5) is 32.4. The molecule has 174 valence electrons. The van der Waals surface area contributed by atoms with Crippen molar-refractivity contribution in [2.24, 2.45) is 0 Å². The number of carbonyl (C=O) groups excluding carboxylic acids is 2. The van der Waals surface area contributed by atoms with Crippen LogP contribution in [0.5, 0.6) is 0 Å². The topological polar surface area (TPSA) is 43.9 Å². The molecule has 5 heteroatoms. The molecule has 5 nitrogen and oxygen atoms in total. The summed E-state index contributed by atoms with van der Waals surface area (Å²) < 4.78 is 0. The molecule has 1 saturated heterocycles. The Morgan fingerprint density at radius 1 is 0.647 bits per heavy atom. The van der Waals surface area contributed by atoms with Gasteiger partial charge in [-0.2, -0.15) is 0 Å². The van der Waals surface area contributed by atoms with E-state index in [9.17, 15) is 9.59 Å². The van der Waals surface area contributed by atoms with Crippen LogP contribution in [0.15, 0.2) is 66.7 Å². The van der Waals surface area contributed by atoms with Gasteiger partial charge in [-0.3, -0.25) is 9.59 Å². The second-order valence-electron chi connectivity index (χ2n) is 9.27. The van der Waals surface area contributed by atoms with Gasteiger partial charge in [-0.25, -0.2) is 0 Å². The van der Waals surface area contributed by atoms with Crippen molar-refractivity contribution in [1.82, 2.24) is 9.80 Å². The van der Waals surface area contributed by atoms with Crippen LogP contribution in [0.1, 0.15) is 43.0 Å². The van der Waals surface area contributed by atoms with E-state index in [1.54, 1.807) is 0 Å². The lowest BCUT2D eigenvalue weighted by molar-refractivity contribution is 0.0729. The lowest BCUT2D eigenvalue weighted by Crippen LogP contribution is -2.49. The average molecular weight is 454 g/mol. The van der Waals surface area contributed by atoms with E-state index in [4.69, 9.17) is 0 Å². The molecule has 0 N–H and O–H groups in total. The molecule has 0 saturated carbocycles. The Labute approximate surface area is 201 Å². The standard InChI is InChI=1S/C29H31N3O2/c1-21-22(2)27(30-16-18-31(19-17-30)28(33)24-9-4-3-5-10-24)13-12-26(21)29(34)32-15-14-23-8-6-7-11-25(23)20-32/h3-13H,14-20H2,1-2H3. The van der Waals surface area contributed by atoms with Crippen molar-refractivity contribution < 1.29 is 9.59 Å².